The summed E-state index contributed by atoms with van der Waals surface area (Å²) in [5.41, 5.74) is 5.65. The van der Waals surface area contributed by atoms with Gasteiger partial charge in [-0.05, 0) is 76.0 Å². The molecule has 2 heterocycles. The van der Waals surface area contributed by atoms with Crippen LogP contribution in [-0.2, 0) is 16.0 Å². The van der Waals surface area contributed by atoms with Crippen molar-refractivity contribution in [2.24, 2.45) is 0 Å². The van der Waals surface area contributed by atoms with Crippen molar-refractivity contribution in [2.75, 3.05) is 12.4 Å². The van der Waals surface area contributed by atoms with Crippen LogP contribution >= 0.6 is 11.6 Å². The van der Waals surface area contributed by atoms with Gasteiger partial charge in [-0.15, -0.1) is 10.2 Å². The Morgan fingerprint density at radius 3 is 2.55 bits per heavy atom. The lowest BCUT2D eigenvalue weighted by Crippen LogP contribution is -2.28. The van der Waals surface area contributed by atoms with Gasteiger partial charge in [0.1, 0.15) is 0 Å². The van der Waals surface area contributed by atoms with Crippen LogP contribution < -0.4 is 10.6 Å². The van der Waals surface area contributed by atoms with E-state index in [1.54, 1.807) is 42.6 Å². The zero-order valence-electron chi connectivity index (χ0n) is 22.5. The molecule has 0 fully saturated rings. The summed E-state index contributed by atoms with van der Waals surface area (Å²) >= 11 is 6.21. The second-order valence-corrected chi connectivity index (χ2v) is 9.64. The summed E-state index contributed by atoms with van der Waals surface area (Å²) in [5.74, 6) is 0.113. The van der Waals surface area contributed by atoms with Crippen LogP contribution in [0, 0.1) is 0 Å². The van der Waals surface area contributed by atoms with Crippen LogP contribution in [0.15, 0.2) is 97.2 Å². The molecule has 210 valence electrons. The van der Waals surface area contributed by atoms with Crippen molar-refractivity contribution in [3.63, 3.8) is 0 Å². The summed E-state index contributed by atoms with van der Waals surface area (Å²) in [6.07, 6.45) is 4.81. The fourth-order valence-electron chi connectivity index (χ4n) is 4.37. The number of pyridine rings is 1. The molecule has 42 heavy (non-hydrogen) atoms. The van der Waals surface area contributed by atoms with Gasteiger partial charge in [-0.2, -0.15) is 5.21 Å². The van der Waals surface area contributed by atoms with Crippen molar-refractivity contribution < 1.29 is 14.3 Å². The molecule has 0 saturated carbocycles. The van der Waals surface area contributed by atoms with Gasteiger partial charge in [0.05, 0.1) is 13.2 Å². The van der Waals surface area contributed by atoms with Crippen molar-refractivity contribution in [1.29, 1.82) is 0 Å². The minimum absolute atomic E-state index is 0.285. The van der Waals surface area contributed by atoms with Crippen molar-refractivity contribution in [3.05, 3.63) is 119 Å². The number of hydrogen-bond donors (Lipinski definition) is 3. The van der Waals surface area contributed by atoms with Gasteiger partial charge in [0.25, 0.3) is 0 Å². The maximum atomic E-state index is 13.2. The molecule has 3 N–H and O–H groups in total. The Morgan fingerprint density at radius 2 is 1.81 bits per heavy atom. The van der Waals surface area contributed by atoms with Crippen LogP contribution in [0.1, 0.15) is 22.9 Å². The third-order valence-electron chi connectivity index (χ3n) is 6.41. The molecular formula is C31H26ClN7O3. The summed E-state index contributed by atoms with van der Waals surface area (Å²) in [6, 6.07) is 26.0. The van der Waals surface area contributed by atoms with E-state index in [0.29, 0.717) is 34.1 Å². The average molecular weight is 580 g/mol. The summed E-state index contributed by atoms with van der Waals surface area (Å²) in [7, 11) is 1.32. The second-order valence-electron chi connectivity index (χ2n) is 9.21. The molecule has 2 amide bonds. The van der Waals surface area contributed by atoms with Crippen LogP contribution in [0.4, 0.5) is 10.5 Å². The predicted molar refractivity (Wildman–Crippen MR) is 160 cm³/mol. The molecule has 2 aromatic heterocycles. The van der Waals surface area contributed by atoms with Crippen LogP contribution in [0.3, 0.4) is 0 Å². The van der Waals surface area contributed by atoms with Crippen LogP contribution in [0.2, 0.25) is 5.02 Å². The van der Waals surface area contributed by atoms with E-state index in [4.69, 9.17) is 11.6 Å². The largest absolute Gasteiger partial charge is 0.453 e. The molecule has 0 aliphatic carbocycles. The third kappa shape index (κ3) is 7.23. The van der Waals surface area contributed by atoms with Crippen molar-refractivity contribution in [1.82, 2.24) is 30.9 Å². The average Bonchev–Trinajstić information content (AvgIpc) is 3.56. The van der Waals surface area contributed by atoms with E-state index < -0.39 is 6.09 Å². The summed E-state index contributed by atoms with van der Waals surface area (Å²) < 4.78 is 4.64. The number of carbonyl (C=O) groups is 2. The lowest BCUT2D eigenvalue weighted by Gasteiger charge is -2.19. The normalized spacial score (nSPS) is 11.7. The molecule has 0 bridgehead atoms. The Hall–Kier alpha value is -5.35. The molecule has 0 aliphatic heterocycles. The lowest BCUT2D eigenvalue weighted by molar-refractivity contribution is -0.117. The van der Waals surface area contributed by atoms with Crippen LogP contribution in [0.25, 0.3) is 28.6 Å². The smallest absolute Gasteiger partial charge is 0.411 e. The quantitative estimate of drug-likeness (QED) is 0.186. The van der Waals surface area contributed by atoms with Crippen LogP contribution in [-0.4, -0.2) is 44.7 Å². The molecule has 0 radical (unpaired) electrons. The van der Waals surface area contributed by atoms with E-state index >= 15 is 0 Å². The number of hydrogen-bond acceptors (Lipinski definition) is 7. The highest BCUT2D eigenvalue weighted by Crippen LogP contribution is 2.26. The van der Waals surface area contributed by atoms with E-state index in [1.807, 2.05) is 54.6 Å². The van der Waals surface area contributed by atoms with Gasteiger partial charge in [-0.3, -0.25) is 15.1 Å². The molecule has 0 saturated heterocycles. The van der Waals surface area contributed by atoms with E-state index in [0.717, 1.165) is 22.4 Å². The van der Waals surface area contributed by atoms with E-state index in [2.05, 4.69) is 41.0 Å². The number of tetrazole rings is 1. The maximum absolute atomic E-state index is 13.2. The Balaban J connectivity index is 1.34. The Morgan fingerprint density at radius 1 is 1.00 bits per heavy atom. The number of anilines is 1. The Labute approximate surface area is 246 Å². The standard InChI is InChI=1S/C31H26ClN7O3/c1-42-31(41)34-25-11-7-20(8-12-25)22-15-16-33-26(18-22)19-28(21-5-3-2-4-6-21)35-29(40)14-9-23-17-24(32)10-13-27(23)30-36-38-39-37-30/h2-18,28H,19H2,1H3,(H,34,41)(H,35,40)(H,36,37,38,39)/b14-9+. The molecule has 3 aromatic carbocycles. The molecular weight excluding hydrogens is 554 g/mol. The molecule has 5 aromatic rings. The van der Waals surface area contributed by atoms with Gasteiger partial charge < -0.3 is 10.1 Å². The number of halogens is 1. The summed E-state index contributed by atoms with van der Waals surface area (Å²) in [5, 5.41) is 20.4. The van der Waals surface area contributed by atoms with E-state index in [9.17, 15) is 9.59 Å². The SMILES string of the molecule is COC(=O)Nc1ccc(-c2ccnc(CC(NC(=O)/C=C/c3cc(Cl)ccc3-c3nn[nH]n3)c3ccccc3)c2)cc1. The van der Waals surface area contributed by atoms with Gasteiger partial charge in [0.2, 0.25) is 11.7 Å². The zero-order chi connectivity index (χ0) is 29.3. The number of aromatic nitrogens is 5. The first kappa shape index (κ1) is 28.2. The van der Waals surface area contributed by atoms with E-state index in [-0.39, 0.29) is 11.9 Å². The molecule has 0 spiro atoms. The third-order valence-corrected chi connectivity index (χ3v) is 6.65. The highest BCUT2D eigenvalue weighted by molar-refractivity contribution is 6.30. The predicted octanol–water partition coefficient (Wildman–Crippen LogP) is 5.87. The number of rotatable bonds is 9. The minimum Gasteiger partial charge on any atom is -0.453 e. The lowest BCUT2D eigenvalue weighted by atomic mass is 9.99. The monoisotopic (exact) mass is 579 g/mol. The highest BCUT2D eigenvalue weighted by atomic mass is 35.5. The fourth-order valence-corrected chi connectivity index (χ4v) is 4.55. The Kier molecular flexibility index (Phi) is 8.95. The number of H-pyrrole nitrogens is 1. The zero-order valence-corrected chi connectivity index (χ0v) is 23.2. The summed E-state index contributed by atoms with van der Waals surface area (Å²) in [4.78, 5) is 29.2. The molecule has 5 rings (SSSR count). The second kappa shape index (κ2) is 13.3. The molecule has 1 atom stereocenters. The van der Waals surface area contributed by atoms with Gasteiger partial charge >= 0.3 is 6.09 Å². The number of amides is 2. The van der Waals surface area contributed by atoms with E-state index in [1.165, 1.54) is 13.2 Å². The van der Waals surface area contributed by atoms with Crippen molar-refractivity contribution in [2.45, 2.75) is 12.5 Å². The van der Waals surface area contributed by atoms with Crippen LogP contribution in [0.5, 0.6) is 0 Å². The summed E-state index contributed by atoms with van der Waals surface area (Å²) in [6.45, 7) is 0. The van der Waals surface area contributed by atoms with Gasteiger partial charge in [-0.25, -0.2) is 4.79 Å². The number of methoxy groups -OCH3 is 1. The van der Waals surface area contributed by atoms with Gasteiger partial charge in [-0.1, -0.05) is 54.1 Å². The number of benzene rings is 3. The number of aromatic amines is 1. The number of carbonyl (C=O) groups excluding carboxylic acids is 2. The maximum Gasteiger partial charge on any atom is 0.411 e. The fraction of sp³-hybridized carbons (Fsp3) is 0.0968. The number of ether oxygens (including phenoxy) is 1. The minimum atomic E-state index is -0.530. The van der Waals surface area contributed by atoms with Crippen molar-refractivity contribution in [3.8, 4) is 22.5 Å². The highest BCUT2D eigenvalue weighted by Gasteiger charge is 2.16. The molecule has 10 nitrogen and oxygen atoms in total. The molecule has 0 aliphatic rings. The first-order valence-corrected chi connectivity index (χ1v) is 13.3. The van der Waals surface area contributed by atoms with Gasteiger partial charge in [0.15, 0.2) is 0 Å². The number of nitrogens with one attached hydrogen (secondary N) is 3. The molecule has 1 unspecified atom stereocenters. The first-order chi connectivity index (χ1) is 20.5. The van der Waals surface area contributed by atoms with Gasteiger partial charge in [0, 0.05) is 40.7 Å². The topological polar surface area (TPSA) is 135 Å². The first-order valence-electron chi connectivity index (χ1n) is 13.0. The molecule has 11 heteroatoms. The van der Waals surface area contributed by atoms with Crippen molar-refractivity contribution >= 4 is 35.4 Å². The Bertz CT molecular complexity index is 1690. The number of nitrogens with zero attached hydrogens (tertiary/aromatic N) is 4.